The highest BCUT2D eigenvalue weighted by molar-refractivity contribution is 4.82. The van der Waals surface area contributed by atoms with Crippen LogP contribution in [0, 0.1) is 0 Å². The Morgan fingerprint density at radius 1 is 1.24 bits per heavy atom. The molecule has 0 aromatic carbocycles. The summed E-state index contributed by atoms with van der Waals surface area (Å²) in [5.41, 5.74) is 0. The molecule has 0 radical (unpaired) electrons. The van der Waals surface area contributed by atoms with Gasteiger partial charge in [-0.2, -0.15) is 0 Å². The van der Waals surface area contributed by atoms with Gasteiger partial charge in [-0.1, -0.05) is 6.92 Å². The number of aliphatic hydroxyl groups is 1. The molecule has 1 aliphatic rings. The topological polar surface area (TPSA) is 54.0 Å². The quantitative estimate of drug-likeness (QED) is 0.636. The Morgan fingerprint density at radius 3 is 2.48 bits per heavy atom. The van der Waals surface area contributed by atoms with E-state index in [0.29, 0.717) is 31.8 Å². The Labute approximate surface area is 130 Å². The van der Waals surface area contributed by atoms with Gasteiger partial charge in [0, 0.05) is 25.7 Å². The Kier molecular flexibility index (Phi) is 9.44. The van der Waals surface area contributed by atoms with E-state index in [1.165, 1.54) is 25.7 Å². The number of hydrogen-bond acceptors (Lipinski definition) is 5. The molecule has 0 amide bonds. The normalized spacial score (nSPS) is 26.0. The molecule has 0 aromatic heterocycles. The molecule has 5 nitrogen and oxygen atoms in total. The number of ether oxygens (including phenoxy) is 2. The van der Waals surface area contributed by atoms with E-state index in [-0.39, 0.29) is 6.10 Å². The summed E-state index contributed by atoms with van der Waals surface area (Å²) < 4.78 is 10.6. The first-order valence-electron chi connectivity index (χ1n) is 8.29. The summed E-state index contributed by atoms with van der Waals surface area (Å²) in [4.78, 5) is 2.29. The van der Waals surface area contributed by atoms with E-state index >= 15 is 0 Å². The van der Waals surface area contributed by atoms with Crippen molar-refractivity contribution in [3.8, 4) is 0 Å². The second-order valence-electron chi connectivity index (χ2n) is 6.26. The predicted octanol–water partition coefficient (Wildman–Crippen LogP) is 1.25. The molecule has 2 unspecified atom stereocenters. The summed E-state index contributed by atoms with van der Waals surface area (Å²) in [5.74, 6) is 0. The van der Waals surface area contributed by atoms with Crippen molar-refractivity contribution < 1.29 is 14.6 Å². The molecule has 0 aromatic rings. The molecule has 1 aliphatic carbocycles. The van der Waals surface area contributed by atoms with Gasteiger partial charge in [0.2, 0.25) is 0 Å². The van der Waals surface area contributed by atoms with Crippen LogP contribution in [0.15, 0.2) is 0 Å². The monoisotopic (exact) mass is 302 g/mol. The van der Waals surface area contributed by atoms with Gasteiger partial charge >= 0.3 is 0 Å². The SMILES string of the molecule is CCNC1CCC(N(C)CC(O)COC(C)COC)CC1. The van der Waals surface area contributed by atoms with Crippen molar-refractivity contribution in [2.24, 2.45) is 0 Å². The van der Waals surface area contributed by atoms with E-state index in [1.54, 1.807) is 7.11 Å². The Hall–Kier alpha value is -0.200. The van der Waals surface area contributed by atoms with Gasteiger partial charge in [0.1, 0.15) is 0 Å². The fourth-order valence-corrected chi connectivity index (χ4v) is 3.10. The minimum absolute atomic E-state index is 0.0329. The van der Waals surface area contributed by atoms with Gasteiger partial charge in [-0.15, -0.1) is 0 Å². The van der Waals surface area contributed by atoms with Crippen LogP contribution in [0.3, 0.4) is 0 Å². The van der Waals surface area contributed by atoms with Gasteiger partial charge < -0.3 is 24.8 Å². The van der Waals surface area contributed by atoms with Crippen molar-refractivity contribution >= 4 is 0 Å². The second kappa shape index (κ2) is 10.5. The van der Waals surface area contributed by atoms with Gasteiger partial charge in [-0.3, -0.25) is 0 Å². The highest BCUT2D eigenvalue weighted by atomic mass is 16.5. The molecule has 0 heterocycles. The van der Waals surface area contributed by atoms with Crippen LogP contribution in [0.25, 0.3) is 0 Å². The maximum atomic E-state index is 10.1. The first-order chi connectivity index (χ1) is 10.1. The maximum Gasteiger partial charge on any atom is 0.0900 e. The van der Waals surface area contributed by atoms with Crippen LogP contribution in [-0.2, 0) is 9.47 Å². The highest BCUT2D eigenvalue weighted by Gasteiger charge is 2.24. The summed E-state index contributed by atoms with van der Waals surface area (Å²) in [6, 6.07) is 1.27. The predicted molar refractivity (Wildman–Crippen MR) is 85.6 cm³/mol. The molecule has 0 bridgehead atoms. The fraction of sp³-hybridized carbons (Fsp3) is 1.00. The lowest BCUT2D eigenvalue weighted by atomic mass is 9.90. The molecule has 1 rings (SSSR count). The lowest BCUT2D eigenvalue weighted by molar-refractivity contribution is -0.0418. The number of nitrogens with zero attached hydrogens (tertiary/aromatic N) is 1. The lowest BCUT2D eigenvalue weighted by Crippen LogP contribution is -2.44. The van der Waals surface area contributed by atoms with Crippen LogP contribution < -0.4 is 5.32 Å². The van der Waals surface area contributed by atoms with Crippen molar-refractivity contribution in [2.75, 3.05) is 40.5 Å². The third kappa shape index (κ3) is 7.56. The van der Waals surface area contributed by atoms with Crippen molar-refractivity contribution in [1.29, 1.82) is 0 Å². The van der Waals surface area contributed by atoms with Gasteiger partial charge in [0.05, 0.1) is 25.4 Å². The van der Waals surface area contributed by atoms with Crippen LogP contribution in [0.5, 0.6) is 0 Å². The molecule has 5 heteroatoms. The van der Waals surface area contributed by atoms with Gasteiger partial charge in [0.15, 0.2) is 0 Å². The average molecular weight is 302 g/mol. The van der Waals surface area contributed by atoms with E-state index in [4.69, 9.17) is 9.47 Å². The van der Waals surface area contributed by atoms with Crippen LogP contribution in [0.4, 0.5) is 0 Å². The van der Waals surface area contributed by atoms with Crippen molar-refractivity contribution in [3.05, 3.63) is 0 Å². The van der Waals surface area contributed by atoms with E-state index in [2.05, 4.69) is 24.2 Å². The van der Waals surface area contributed by atoms with Crippen LogP contribution in [0.2, 0.25) is 0 Å². The number of methoxy groups -OCH3 is 1. The molecule has 1 fully saturated rings. The molecule has 2 N–H and O–H groups in total. The van der Waals surface area contributed by atoms with E-state index in [0.717, 1.165) is 6.54 Å². The summed E-state index contributed by atoms with van der Waals surface area (Å²) in [7, 11) is 3.77. The van der Waals surface area contributed by atoms with Crippen molar-refractivity contribution in [3.63, 3.8) is 0 Å². The van der Waals surface area contributed by atoms with E-state index < -0.39 is 6.10 Å². The number of aliphatic hydroxyl groups excluding tert-OH is 1. The second-order valence-corrected chi connectivity index (χ2v) is 6.26. The van der Waals surface area contributed by atoms with Crippen molar-refractivity contribution in [1.82, 2.24) is 10.2 Å². The Bertz CT molecular complexity index is 258. The largest absolute Gasteiger partial charge is 0.389 e. The number of likely N-dealkylation sites (N-methyl/N-ethyl adjacent to an activating group) is 1. The molecule has 0 aliphatic heterocycles. The van der Waals surface area contributed by atoms with Crippen LogP contribution in [-0.4, -0.2) is 74.8 Å². The molecule has 126 valence electrons. The third-order valence-electron chi connectivity index (χ3n) is 4.29. The first-order valence-corrected chi connectivity index (χ1v) is 8.29. The van der Waals surface area contributed by atoms with Gasteiger partial charge in [0.25, 0.3) is 0 Å². The molecular formula is C16H34N2O3. The molecule has 1 saturated carbocycles. The van der Waals surface area contributed by atoms with Crippen LogP contribution >= 0.6 is 0 Å². The van der Waals surface area contributed by atoms with E-state index in [1.807, 2.05) is 6.92 Å². The molecule has 21 heavy (non-hydrogen) atoms. The molecular weight excluding hydrogens is 268 g/mol. The van der Waals surface area contributed by atoms with E-state index in [9.17, 15) is 5.11 Å². The first kappa shape index (κ1) is 18.8. The van der Waals surface area contributed by atoms with Gasteiger partial charge in [-0.05, 0) is 46.2 Å². The molecule has 0 spiro atoms. The minimum atomic E-state index is -0.430. The zero-order valence-electron chi connectivity index (χ0n) is 14.2. The zero-order chi connectivity index (χ0) is 15.7. The van der Waals surface area contributed by atoms with Crippen LogP contribution in [0.1, 0.15) is 39.5 Å². The summed E-state index contributed by atoms with van der Waals surface area (Å²) in [5, 5.41) is 13.6. The zero-order valence-corrected chi connectivity index (χ0v) is 14.2. The number of hydrogen-bond donors (Lipinski definition) is 2. The fourth-order valence-electron chi connectivity index (χ4n) is 3.10. The average Bonchev–Trinajstić information content (AvgIpc) is 2.46. The summed E-state index contributed by atoms with van der Waals surface area (Å²) in [6.07, 6.45) is 4.50. The smallest absolute Gasteiger partial charge is 0.0900 e. The number of nitrogens with one attached hydrogen (secondary N) is 1. The Balaban J connectivity index is 2.19. The molecule has 0 saturated heterocycles. The molecule has 2 atom stereocenters. The summed E-state index contributed by atoms with van der Waals surface area (Å²) in [6.45, 7) is 6.80. The Morgan fingerprint density at radius 2 is 1.90 bits per heavy atom. The minimum Gasteiger partial charge on any atom is -0.389 e. The third-order valence-corrected chi connectivity index (χ3v) is 4.29. The standard InChI is InChI=1S/C16H34N2O3/c1-5-17-14-6-8-15(9-7-14)18(3)10-16(19)12-21-13(2)11-20-4/h13-17,19H,5-12H2,1-4H3. The van der Waals surface area contributed by atoms with Crippen molar-refractivity contribution in [2.45, 2.75) is 63.8 Å². The highest BCUT2D eigenvalue weighted by Crippen LogP contribution is 2.22. The summed E-state index contributed by atoms with van der Waals surface area (Å²) >= 11 is 0. The lowest BCUT2D eigenvalue weighted by Gasteiger charge is -2.35. The number of rotatable bonds is 10. The van der Waals surface area contributed by atoms with Gasteiger partial charge in [-0.25, -0.2) is 0 Å². The maximum absolute atomic E-state index is 10.1.